The van der Waals surface area contributed by atoms with Gasteiger partial charge in [0.15, 0.2) is 0 Å². The van der Waals surface area contributed by atoms with Crippen LogP contribution in [0.25, 0.3) is 0 Å². The molecule has 0 atom stereocenters. The van der Waals surface area contributed by atoms with Crippen LogP contribution in [0.5, 0.6) is 0 Å². The fraction of sp³-hybridized carbons (Fsp3) is 0.231. The standard InChI is InChI=1S/C13H13FN2O2S/c1-8-7-19-12(16-8)4-5-15-9-2-3-11(14)10(6-9)13(17)18/h2-3,6-7,15H,4-5H2,1H3,(H,17,18). The Morgan fingerprint density at radius 3 is 2.95 bits per heavy atom. The highest BCUT2D eigenvalue weighted by Crippen LogP contribution is 2.15. The van der Waals surface area contributed by atoms with Crippen molar-refractivity contribution in [1.29, 1.82) is 0 Å². The van der Waals surface area contributed by atoms with Crippen molar-refractivity contribution < 1.29 is 14.3 Å². The predicted octanol–water partition coefficient (Wildman–Crippen LogP) is 2.94. The first-order valence-electron chi connectivity index (χ1n) is 5.74. The molecular weight excluding hydrogens is 267 g/mol. The summed E-state index contributed by atoms with van der Waals surface area (Å²) in [4.78, 5) is 15.1. The Morgan fingerprint density at radius 2 is 2.32 bits per heavy atom. The fourth-order valence-electron chi connectivity index (χ4n) is 1.63. The first-order valence-corrected chi connectivity index (χ1v) is 6.62. The third-order valence-corrected chi connectivity index (χ3v) is 3.56. The topological polar surface area (TPSA) is 62.2 Å². The van der Waals surface area contributed by atoms with Gasteiger partial charge in [0.05, 0.1) is 10.6 Å². The summed E-state index contributed by atoms with van der Waals surface area (Å²) in [6.07, 6.45) is 0.748. The van der Waals surface area contributed by atoms with Crippen LogP contribution in [0.1, 0.15) is 21.1 Å². The van der Waals surface area contributed by atoms with Crippen molar-refractivity contribution in [3.05, 3.63) is 45.7 Å². The molecule has 0 aliphatic heterocycles. The number of nitrogens with one attached hydrogen (secondary N) is 1. The third-order valence-electron chi connectivity index (χ3n) is 2.53. The quantitative estimate of drug-likeness (QED) is 0.884. The number of carbonyl (C=O) groups is 1. The molecule has 0 saturated heterocycles. The zero-order chi connectivity index (χ0) is 13.8. The second-order valence-electron chi connectivity index (χ2n) is 4.06. The third kappa shape index (κ3) is 3.51. The Morgan fingerprint density at radius 1 is 1.53 bits per heavy atom. The maximum absolute atomic E-state index is 13.2. The molecule has 0 fully saturated rings. The number of aryl methyl sites for hydroxylation is 1. The lowest BCUT2D eigenvalue weighted by molar-refractivity contribution is 0.0692. The van der Waals surface area contributed by atoms with Gasteiger partial charge in [0.2, 0.25) is 0 Å². The van der Waals surface area contributed by atoms with Crippen molar-refractivity contribution in [3.8, 4) is 0 Å². The molecule has 0 aliphatic carbocycles. The van der Waals surface area contributed by atoms with Gasteiger partial charge >= 0.3 is 5.97 Å². The number of nitrogens with zero attached hydrogens (tertiary/aromatic N) is 1. The molecular formula is C13H13FN2O2S. The molecule has 0 spiro atoms. The maximum atomic E-state index is 13.2. The molecule has 0 aliphatic rings. The van der Waals surface area contributed by atoms with E-state index in [0.717, 1.165) is 23.2 Å². The van der Waals surface area contributed by atoms with E-state index in [9.17, 15) is 9.18 Å². The molecule has 0 amide bonds. The second kappa shape index (κ2) is 5.79. The van der Waals surface area contributed by atoms with Crippen molar-refractivity contribution in [1.82, 2.24) is 4.98 Å². The lowest BCUT2D eigenvalue weighted by atomic mass is 10.2. The minimum Gasteiger partial charge on any atom is -0.478 e. The molecule has 1 aromatic carbocycles. The van der Waals surface area contributed by atoms with E-state index < -0.39 is 11.8 Å². The SMILES string of the molecule is Cc1csc(CCNc2ccc(F)c(C(=O)O)c2)n1. The van der Waals surface area contributed by atoms with Gasteiger partial charge in [-0.15, -0.1) is 11.3 Å². The molecule has 2 aromatic rings. The number of rotatable bonds is 5. The number of hydrogen-bond donors (Lipinski definition) is 2. The van der Waals surface area contributed by atoms with E-state index in [1.807, 2.05) is 12.3 Å². The minimum absolute atomic E-state index is 0.324. The zero-order valence-electron chi connectivity index (χ0n) is 10.3. The van der Waals surface area contributed by atoms with Crippen molar-refractivity contribution in [2.24, 2.45) is 0 Å². The van der Waals surface area contributed by atoms with Gasteiger partial charge in [-0.25, -0.2) is 14.2 Å². The number of aromatic nitrogens is 1. The molecule has 1 heterocycles. The highest BCUT2D eigenvalue weighted by molar-refractivity contribution is 7.09. The molecule has 19 heavy (non-hydrogen) atoms. The van der Waals surface area contributed by atoms with Crippen LogP contribution in [0.3, 0.4) is 0 Å². The first kappa shape index (κ1) is 13.5. The van der Waals surface area contributed by atoms with E-state index in [-0.39, 0.29) is 5.56 Å². The number of carboxylic acids is 1. The lowest BCUT2D eigenvalue weighted by Crippen LogP contribution is -2.07. The molecule has 2 N–H and O–H groups in total. The molecule has 0 radical (unpaired) electrons. The molecule has 0 saturated carbocycles. The molecule has 0 unspecified atom stereocenters. The number of benzene rings is 1. The van der Waals surface area contributed by atoms with Crippen molar-refractivity contribution >= 4 is 23.0 Å². The van der Waals surface area contributed by atoms with E-state index >= 15 is 0 Å². The Bertz CT molecular complexity index is 598. The highest BCUT2D eigenvalue weighted by Gasteiger charge is 2.10. The summed E-state index contributed by atoms with van der Waals surface area (Å²) >= 11 is 1.59. The number of carboxylic acid groups (broad SMARTS) is 1. The van der Waals surface area contributed by atoms with Crippen LogP contribution in [0.4, 0.5) is 10.1 Å². The van der Waals surface area contributed by atoms with E-state index in [4.69, 9.17) is 5.11 Å². The van der Waals surface area contributed by atoms with Crippen LogP contribution in [-0.4, -0.2) is 22.6 Å². The predicted molar refractivity (Wildman–Crippen MR) is 72.4 cm³/mol. The largest absolute Gasteiger partial charge is 0.478 e. The monoisotopic (exact) mass is 280 g/mol. The normalized spacial score (nSPS) is 10.4. The first-order chi connectivity index (χ1) is 9.06. The average molecular weight is 280 g/mol. The zero-order valence-corrected chi connectivity index (χ0v) is 11.1. The van der Waals surface area contributed by atoms with Crippen molar-refractivity contribution in [2.45, 2.75) is 13.3 Å². The van der Waals surface area contributed by atoms with Crippen LogP contribution < -0.4 is 5.32 Å². The minimum atomic E-state index is -1.27. The molecule has 2 rings (SSSR count). The molecule has 6 heteroatoms. The summed E-state index contributed by atoms with van der Waals surface area (Å²) in [7, 11) is 0. The summed E-state index contributed by atoms with van der Waals surface area (Å²) < 4.78 is 13.2. The summed E-state index contributed by atoms with van der Waals surface area (Å²) in [5.41, 5.74) is 1.26. The van der Waals surface area contributed by atoms with Gasteiger partial charge in [-0.05, 0) is 25.1 Å². The summed E-state index contributed by atoms with van der Waals surface area (Å²) in [5.74, 6) is -2.00. The fourth-order valence-corrected chi connectivity index (χ4v) is 2.41. The maximum Gasteiger partial charge on any atom is 0.338 e. The molecule has 1 aromatic heterocycles. The van der Waals surface area contributed by atoms with Crippen LogP contribution >= 0.6 is 11.3 Å². The Hall–Kier alpha value is -1.95. The number of thiazole rings is 1. The van der Waals surface area contributed by atoms with Crippen LogP contribution in [-0.2, 0) is 6.42 Å². The Labute approximate surface area is 113 Å². The van der Waals surface area contributed by atoms with E-state index in [0.29, 0.717) is 12.2 Å². The summed E-state index contributed by atoms with van der Waals surface area (Å²) in [6.45, 7) is 2.56. The van der Waals surface area contributed by atoms with Crippen LogP contribution in [0.15, 0.2) is 23.6 Å². The summed E-state index contributed by atoms with van der Waals surface area (Å²) in [5, 5.41) is 14.9. The number of hydrogen-bond acceptors (Lipinski definition) is 4. The number of aromatic carboxylic acids is 1. The molecule has 0 bridgehead atoms. The number of halogens is 1. The van der Waals surface area contributed by atoms with E-state index in [1.165, 1.54) is 12.1 Å². The van der Waals surface area contributed by atoms with Gasteiger partial charge in [-0.1, -0.05) is 0 Å². The van der Waals surface area contributed by atoms with Crippen LogP contribution in [0, 0.1) is 12.7 Å². The van der Waals surface area contributed by atoms with Crippen molar-refractivity contribution in [2.75, 3.05) is 11.9 Å². The lowest BCUT2D eigenvalue weighted by Gasteiger charge is -2.06. The van der Waals surface area contributed by atoms with Gasteiger partial charge in [0, 0.05) is 29.7 Å². The molecule has 4 nitrogen and oxygen atoms in total. The highest BCUT2D eigenvalue weighted by atomic mass is 32.1. The Kier molecular flexibility index (Phi) is 4.11. The smallest absolute Gasteiger partial charge is 0.338 e. The van der Waals surface area contributed by atoms with Gasteiger partial charge in [0.25, 0.3) is 0 Å². The van der Waals surface area contributed by atoms with E-state index in [1.54, 1.807) is 11.3 Å². The van der Waals surface area contributed by atoms with Crippen LogP contribution in [0.2, 0.25) is 0 Å². The average Bonchev–Trinajstić information content (AvgIpc) is 2.77. The van der Waals surface area contributed by atoms with Crippen molar-refractivity contribution in [3.63, 3.8) is 0 Å². The van der Waals surface area contributed by atoms with Gasteiger partial charge in [-0.2, -0.15) is 0 Å². The van der Waals surface area contributed by atoms with Gasteiger partial charge in [-0.3, -0.25) is 0 Å². The Balaban J connectivity index is 1.96. The second-order valence-corrected chi connectivity index (χ2v) is 5.00. The van der Waals surface area contributed by atoms with Gasteiger partial charge < -0.3 is 10.4 Å². The number of anilines is 1. The van der Waals surface area contributed by atoms with E-state index in [2.05, 4.69) is 10.3 Å². The van der Waals surface area contributed by atoms with Gasteiger partial charge in [0.1, 0.15) is 5.82 Å². The summed E-state index contributed by atoms with van der Waals surface area (Å²) in [6, 6.07) is 3.97. The molecule has 100 valence electrons.